The van der Waals surface area contributed by atoms with Crippen LogP contribution in [0.15, 0.2) is 36.5 Å². The first-order valence-corrected chi connectivity index (χ1v) is 9.86. The molecule has 2 heterocycles. The molecular weight excluding hydrogens is 354 g/mol. The molecule has 1 fully saturated rings. The first-order chi connectivity index (χ1) is 12.4. The highest BCUT2D eigenvalue weighted by molar-refractivity contribution is 7.86. The van der Waals surface area contributed by atoms with Gasteiger partial charge in [-0.2, -0.15) is 22.1 Å². The normalized spacial score (nSPS) is 16.7. The molecule has 0 saturated carbocycles. The minimum atomic E-state index is -3.41. The van der Waals surface area contributed by atoms with Gasteiger partial charge in [-0.05, 0) is 31.0 Å². The summed E-state index contributed by atoms with van der Waals surface area (Å²) >= 11 is 0. The maximum atomic E-state index is 12.5. The van der Waals surface area contributed by atoms with E-state index in [4.69, 9.17) is 0 Å². The highest BCUT2D eigenvalue weighted by Gasteiger charge is 2.32. The molecule has 0 atom stereocenters. The van der Waals surface area contributed by atoms with Crippen molar-refractivity contribution in [1.82, 2.24) is 18.8 Å². The average molecular weight is 377 g/mol. The number of aromatic nitrogens is 2. The molecule has 1 aromatic carbocycles. The second-order valence-electron chi connectivity index (χ2n) is 6.50. The fraction of sp³-hybridized carbons (Fsp3) is 0.412. The number of benzene rings is 1. The van der Waals surface area contributed by atoms with Gasteiger partial charge >= 0.3 is 0 Å². The third-order valence-corrected chi connectivity index (χ3v) is 6.49. The van der Waals surface area contributed by atoms with Crippen molar-refractivity contribution in [2.24, 2.45) is 5.92 Å². The van der Waals surface area contributed by atoms with E-state index in [-0.39, 0.29) is 11.8 Å². The van der Waals surface area contributed by atoms with Gasteiger partial charge in [0.25, 0.3) is 10.2 Å². The largest absolute Gasteiger partial charge is 0.326 e. The summed E-state index contributed by atoms with van der Waals surface area (Å²) in [4.78, 5) is 12.5. The van der Waals surface area contributed by atoms with Crippen molar-refractivity contribution in [3.05, 3.63) is 36.5 Å². The summed E-state index contributed by atoms with van der Waals surface area (Å²) in [7, 11) is -0.384. The van der Waals surface area contributed by atoms with Crippen molar-refractivity contribution in [2.45, 2.75) is 12.8 Å². The van der Waals surface area contributed by atoms with E-state index in [9.17, 15) is 13.2 Å². The molecule has 0 spiro atoms. The summed E-state index contributed by atoms with van der Waals surface area (Å²) in [5.41, 5.74) is 2.53. The number of hydrogen-bond donors (Lipinski definition) is 2. The summed E-state index contributed by atoms with van der Waals surface area (Å²) in [6.45, 7) is 0.708. The van der Waals surface area contributed by atoms with Gasteiger partial charge in [0.2, 0.25) is 5.91 Å². The van der Waals surface area contributed by atoms with Crippen LogP contribution in [0.2, 0.25) is 0 Å². The monoisotopic (exact) mass is 377 g/mol. The molecule has 140 valence electrons. The molecule has 8 nitrogen and oxygen atoms in total. The second-order valence-corrected chi connectivity index (χ2v) is 8.65. The van der Waals surface area contributed by atoms with E-state index in [1.807, 2.05) is 30.3 Å². The van der Waals surface area contributed by atoms with Crippen LogP contribution in [0.1, 0.15) is 12.8 Å². The predicted octanol–water partition coefficient (Wildman–Crippen LogP) is 1.53. The summed E-state index contributed by atoms with van der Waals surface area (Å²) in [6, 6.07) is 9.40. The molecule has 0 radical (unpaired) electrons. The third-order valence-electron chi connectivity index (χ3n) is 4.55. The van der Waals surface area contributed by atoms with E-state index < -0.39 is 10.2 Å². The van der Waals surface area contributed by atoms with Gasteiger partial charge in [-0.15, -0.1) is 0 Å². The topological polar surface area (TPSA) is 98.4 Å². The lowest BCUT2D eigenvalue weighted by molar-refractivity contribution is -0.120. The van der Waals surface area contributed by atoms with Crippen molar-refractivity contribution >= 4 is 21.8 Å². The van der Waals surface area contributed by atoms with Crippen molar-refractivity contribution < 1.29 is 13.2 Å². The van der Waals surface area contributed by atoms with Gasteiger partial charge in [-0.25, -0.2) is 0 Å². The Morgan fingerprint density at radius 3 is 2.62 bits per heavy atom. The number of anilines is 1. The van der Waals surface area contributed by atoms with Crippen LogP contribution in [-0.4, -0.2) is 60.3 Å². The van der Waals surface area contributed by atoms with Crippen LogP contribution in [0, 0.1) is 5.92 Å². The van der Waals surface area contributed by atoms with Crippen LogP contribution in [0.5, 0.6) is 0 Å². The van der Waals surface area contributed by atoms with Crippen molar-refractivity contribution in [2.75, 3.05) is 32.5 Å². The molecule has 26 heavy (non-hydrogen) atoms. The second kappa shape index (κ2) is 7.56. The molecule has 1 aliphatic heterocycles. The Labute approximate surface area is 153 Å². The zero-order valence-electron chi connectivity index (χ0n) is 14.8. The quantitative estimate of drug-likeness (QED) is 0.826. The Morgan fingerprint density at radius 2 is 2.00 bits per heavy atom. The number of amides is 1. The van der Waals surface area contributed by atoms with Crippen LogP contribution in [0.3, 0.4) is 0 Å². The maximum absolute atomic E-state index is 12.5. The van der Waals surface area contributed by atoms with E-state index in [1.54, 1.807) is 6.20 Å². The lowest BCUT2D eigenvalue weighted by atomic mass is 9.97. The number of nitrogens with zero attached hydrogens (tertiary/aromatic N) is 3. The smallest absolute Gasteiger partial charge is 0.281 e. The maximum Gasteiger partial charge on any atom is 0.281 e. The van der Waals surface area contributed by atoms with Gasteiger partial charge < -0.3 is 5.32 Å². The van der Waals surface area contributed by atoms with Gasteiger partial charge in [-0.3, -0.25) is 9.89 Å². The van der Waals surface area contributed by atoms with Gasteiger partial charge in [0.05, 0.1) is 5.69 Å². The molecule has 1 amide bonds. The zero-order chi connectivity index (χ0) is 18.7. The first kappa shape index (κ1) is 18.6. The van der Waals surface area contributed by atoms with Gasteiger partial charge in [0.15, 0.2) is 0 Å². The number of H-pyrrole nitrogens is 1. The fourth-order valence-corrected chi connectivity index (χ4v) is 4.14. The minimum absolute atomic E-state index is 0.0753. The minimum Gasteiger partial charge on any atom is -0.326 e. The lowest BCUT2D eigenvalue weighted by Gasteiger charge is -2.32. The SMILES string of the molecule is CN(C)S(=O)(=O)N1CCC(C(=O)Nc2cccc(-c3ccn[nH]3)c2)CC1. The number of nitrogens with one attached hydrogen (secondary N) is 2. The van der Waals surface area contributed by atoms with E-state index in [1.165, 1.54) is 22.7 Å². The molecule has 0 unspecified atom stereocenters. The molecule has 0 aliphatic carbocycles. The Kier molecular flexibility index (Phi) is 5.40. The van der Waals surface area contributed by atoms with Crippen molar-refractivity contribution in [3.8, 4) is 11.3 Å². The summed E-state index contributed by atoms with van der Waals surface area (Å²) in [5, 5.41) is 9.77. The summed E-state index contributed by atoms with van der Waals surface area (Å²) < 4.78 is 26.9. The van der Waals surface area contributed by atoms with E-state index >= 15 is 0 Å². The number of aromatic amines is 1. The van der Waals surface area contributed by atoms with Crippen LogP contribution < -0.4 is 5.32 Å². The molecular formula is C17H23N5O3S. The highest BCUT2D eigenvalue weighted by atomic mass is 32.2. The number of hydrogen-bond acceptors (Lipinski definition) is 4. The van der Waals surface area contributed by atoms with Crippen LogP contribution >= 0.6 is 0 Å². The van der Waals surface area contributed by atoms with E-state index in [0.29, 0.717) is 31.6 Å². The molecule has 1 saturated heterocycles. The summed E-state index contributed by atoms with van der Waals surface area (Å²) in [5.74, 6) is -0.270. The Balaban J connectivity index is 1.61. The van der Waals surface area contributed by atoms with E-state index in [0.717, 1.165) is 11.3 Å². The van der Waals surface area contributed by atoms with Gasteiger partial charge in [0, 0.05) is 50.6 Å². The van der Waals surface area contributed by atoms with Crippen LogP contribution in [0.25, 0.3) is 11.3 Å². The molecule has 2 aromatic rings. The Hall–Kier alpha value is -2.23. The fourth-order valence-electron chi connectivity index (χ4n) is 3.01. The van der Waals surface area contributed by atoms with Gasteiger partial charge in [-0.1, -0.05) is 12.1 Å². The van der Waals surface area contributed by atoms with E-state index in [2.05, 4.69) is 15.5 Å². The van der Waals surface area contributed by atoms with Crippen molar-refractivity contribution in [3.63, 3.8) is 0 Å². The molecule has 9 heteroatoms. The molecule has 1 aromatic heterocycles. The van der Waals surface area contributed by atoms with Crippen LogP contribution in [0.4, 0.5) is 5.69 Å². The molecule has 3 rings (SSSR count). The third kappa shape index (κ3) is 3.95. The number of carbonyl (C=O) groups excluding carboxylic acids is 1. The summed E-state index contributed by atoms with van der Waals surface area (Å²) in [6.07, 6.45) is 2.70. The molecule has 1 aliphatic rings. The van der Waals surface area contributed by atoms with Crippen LogP contribution in [-0.2, 0) is 15.0 Å². The van der Waals surface area contributed by atoms with Gasteiger partial charge in [0.1, 0.15) is 0 Å². The number of piperidine rings is 1. The standard InChI is InChI=1S/C17H23N5O3S/c1-21(2)26(24,25)22-10-7-13(8-11-22)17(23)19-15-5-3-4-14(12-15)16-6-9-18-20-16/h3-6,9,12-13H,7-8,10-11H2,1-2H3,(H,18,20)(H,19,23). The van der Waals surface area contributed by atoms with Crippen molar-refractivity contribution in [1.29, 1.82) is 0 Å². The zero-order valence-corrected chi connectivity index (χ0v) is 15.7. The first-order valence-electron chi connectivity index (χ1n) is 8.46. The Morgan fingerprint density at radius 1 is 1.27 bits per heavy atom. The highest BCUT2D eigenvalue weighted by Crippen LogP contribution is 2.24. The molecule has 2 N–H and O–H groups in total. The average Bonchev–Trinajstić information content (AvgIpc) is 3.16. The number of carbonyl (C=O) groups is 1. The lowest BCUT2D eigenvalue weighted by Crippen LogP contribution is -2.46. The Bertz CT molecular complexity index is 856. The predicted molar refractivity (Wildman–Crippen MR) is 99.6 cm³/mol. The molecule has 0 bridgehead atoms. The number of rotatable bonds is 5.